The minimum Gasteiger partial charge on any atom is -0.484 e. The van der Waals surface area contributed by atoms with Crippen LogP contribution in [0.1, 0.15) is 49.7 Å². The highest BCUT2D eigenvalue weighted by Crippen LogP contribution is 2.53. The van der Waals surface area contributed by atoms with Crippen LogP contribution in [0.4, 0.5) is 11.4 Å². The summed E-state index contributed by atoms with van der Waals surface area (Å²) in [6.45, 7) is 16.5. The molecule has 4 atom stereocenters. The van der Waals surface area contributed by atoms with Gasteiger partial charge in [0.25, 0.3) is 0 Å². The monoisotopic (exact) mass is 904 g/mol. The molecule has 0 radical (unpaired) electrons. The molecular weight excluding hydrogens is 859 g/mol. The second-order valence-electron chi connectivity index (χ2n) is 16.0. The molecule has 2 saturated heterocycles. The van der Waals surface area contributed by atoms with Crippen LogP contribution < -0.4 is 26.4 Å². The van der Waals surface area contributed by atoms with Crippen LogP contribution in [-0.2, 0) is 30.6 Å². The van der Waals surface area contributed by atoms with Crippen LogP contribution in [0.5, 0.6) is 11.5 Å². The fourth-order valence-electron chi connectivity index (χ4n) is 8.67. The highest BCUT2D eigenvalue weighted by molar-refractivity contribution is 9.10. The van der Waals surface area contributed by atoms with Gasteiger partial charge >= 0.3 is 7.12 Å². The summed E-state index contributed by atoms with van der Waals surface area (Å²) < 4.78 is 25.2. The molecule has 18 heteroatoms. The Hall–Kier alpha value is -5.70. The number of hydrogen-bond acceptors (Lipinski definition) is 14. The molecular formula is C44H46BBrN8O8. The number of fused-ring (bicyclic) bond motifs is 4. The van der Waals surface area contributed by atoms with Crippen LogP contribution in [-0.4, -0.2) is 90.9 Å². The van der Waals surface area contributed by atoms with Crippen LogP contribution in [0.25, 0.3) is 20.8 Å². The van der Waals surface area contributed by atoms with Gasteiger partial charge in [-0.1, -0.05) is 64.5 Å². The van der Waals surface area contributed by atoms with Crippen molar-refractivity contribution in [2.24, 2.45) is 21.5 Å². The lowest BCUT2D eigenvalue weighted by molar-refractivity contribution is -0.216. The first kappa shape index (κ1) is 43.0. The van der Waals surface area contributed by atoms with Crippen molar-refractivity contribution in [2.45, 2.75) is 61.2 Å². The maximum Gasteiger partial charge on any atom is 0.487 e. The summed E-state index contributed by atoms with van der Waals surface area (Å²) in [5.41, 5.74) is 14.4. The number of ether oxygens (including phenoxy) is 4. The number of benzene rings is 4. The molecule has 6 aliphatic heterocycles. The molecule has 6 N–H and O–H groups in total. The fourth-order valence-corrected chi connectivity index (χ4v) is 9.03. The predicted molar refractivity (Wildman–Crippen MR) is 235 cm³/mol. The van der Waals surface area contributed by atoms with E-state index in [1.54, 1.807) is 38.4 Å². The normalized spacial score (nSPS) is 26.6. The average molecular weight is 906 g/mol. The lowest BCUT2D eigenvalue weighted by Crippen LogP contribution is -2.53. The second kappa shape index (κ2) is 17.2. The van der Waals surface area contributed by atoms with E-state index in [1.807, 2.05) is 54.6 Å². The maximum absolute atomic E-state index is 8.70. The Morgan fingerprint density at radius 1 is 0.694 bits per heavy atom. The molecule has 6 heterocycles. The zero-order valence-electron chi connectivity index (χ0n) is 34.3. The van der Waals surface area contributed by atoms with Gasteiger partial charge in [-0.15, -0.1) is 0 Å². The first-order valence-electron chi connectivity index (χ1n) is 20.1. The molecule has 4 aromatic carbocycles. The van der Waals surface area contributed by atoms with Gasteiger partial charge in [0.1, 0.15) is 22.7 Å². The number of aliphatic imine (C=N–C) groups is 2. The van der Waals surface area contributed by atoms with Crippen LogP contribution in [0.15, 0.2) is 99.4 Å². The zero-order chi connectivity index (χ0) is 43.7. The van der Waals surface area contributed by atoms with Gasteiger partial charge in [0.05, 0.1) is 37.5 Å². The molecule has 0 saturated carbocycles. The summed E-state index contributed by atoms with van der Waals surface area (Å²) in [5.74, 6) is 2.23. The first-order valence-corrected chi connectivity index (χ1v) is 20.9. The molecule has 2 fully saturated rings. The molecule has 0 amide bonds. The van der Waals surface area contributed by atoms with Gasteiger partial charge in [-0.25, -0.2) is 39.5 Å². The summed E-state index contributed by atoms with van der Waals surface area (Å²) in [5, 5.41) is 20.4. The minimum atomic E-state index is -1.49. The van der Waals surface area contributed by atoms with Gasteiger partial charge in [0.15, 0.2) is 11.4 Å². The summed E-state index contributed by atoms with van der Waals surface area (Å²) in [7, 11) is 2.04. The smallest absolute Gasteiger partial charge is 0.484 e. The van der Waals surface area contributed by atoms with Crippen molar-refractivity contribution in [3.8, 4) is 22.6 Å². The Balaban J connectivity index is 0.000000141. The lowest BCUT2D eigenvalue weighted by atomic mass is 9.80. The standard InChI is InChI=1S/C22H22N4O3.C15H18BrN3O3.C7H6BNO2/c1-24-17-6-3-5-15(11-17)16-7-8-19-18(12-16)22(25-20(23)26(2)29-22)13-21(28-19)9-4-10-27-14-21;1-19-13(17)18-15(22-19)8-14(5-2-6-20-9-14)21-12-4-3-10(16)7-11(12)15;1-9-7-4-2-3-6(5-7)8(10)11/h3,5-8,11-12H,4,9-10,13-14H2,2H3,(H2,23,25);3-4,7H,2,5-6,8-9H2,1H3,(H2,17,18);2-5,10-11H. The van der Waals surface area contributed by atoms with Crippen molar-refractivity contribution in [1.82, 2.24) is 10.1 Å². The van der Waals surface area contributed by atoms with E-state index >= 15 is 0 Å². The molecule has 16 nitrogen and oxygen atoms in total. The van der Waals surface area contributed by atoms with E-state index in [2.05, 4.69) is 30.6 Å². The quantitative estimate of drug-likeness (QED) is 0.144. The molecule has 10 rings (SSSR count). The van der Waals surface area contributed by atoms with E-state index in [0.717, 1.165) is 77.1 Å². The van der Waals surface area contributed by atoms with Gasteiger partial charge in [-0.2, -0.15) is 0 Å². The van der Waals surface area contributed by atoms with Gasteiger partial charge < -0.3 is 40.5 Å². The van der Waals surface area contributed by atoms with E-state index in [1.165, 1.54) is 16.2 Å². The van der Waals surface area contributed by atoms with Crippen LogP contribution >= 0.6 is 15.9 Å². The summed E-state index contributed by atoms with van der Waals surface area (Å²) >= 11 is 3.51. The Bertz CT molecular complexity index is 2480. The van der Waals surface area contributed by atoms with Crippen molar-refractivity contribution < 1.29 is 38.7 Å². The molecule has 4 spiro atoms. The Kier molecular flexibility index (Phi) is 11.9. The molecule has 320 valence electrons. The van der Waals surface area contributed by atoms with E-state index in [4.69, 9.17) is 68.3 Å². The van der Waals surface area contributed by atoms with Crippen molar-refractivity contribution in [3.05, 3.63) is 123 Å². The minimum absolute atomic E-state index is 0.338. The number of nitrogens with two attached hydrogens (primary N) is 2. The SMILES string of the molecule is CN1OC2(CC3(CCCOC3)Oc3ccc(Br)cc32)N=C1N.[C-]#[N+]c1cccc(-c2ccc3c(c2)C2(CC4(CCCOC4)O3)N=C(N)N(C)O2)c1.[C-]#[N+]c1cccc(B(O)O)c1. The van der Waals surface area contributed by atoms with Crippen LogP contribution in [0, 0.1) is 13.1 Å². The van der Waals surface area contributed by atoms with Crippen LogP contribution in [0.3, 0.4) is 0 Å². The second-order valence-corrected chi connectivity index (χ2v) is 16.9. The van der Waals surface area contributed by atoms with E-state index in [-0.39, 0.29) is 0 Å². The summed E-state index contributed by atoms with van der Waals surface area (Å²) in [4.78, 5) is 28.3. The van der Waals surface area contributed by atoms with Gasteiger partial charge in [-0.05, 0) is 78.7 Å². The van der Waals surface area contributed by atoms with Crippen molar-refractivity contribution >= 4 is 51.8 Å². The van der Waals surface area contributed by atoms with Crippen molar-refractivity contribution in [2.75, 3.05) is 40.5 Å². The van der Waals surface area contributed by atoms with Gasteiger partial charge in [-0.3, -0.25) is 0 Å². The third kappa shape index (κ3) is 8.55. The topological polar surface area (TPSA) is 188 Å². The zero-order valence-corrected chi connectivity index (χ0v) is 35.9. The third-order valence-corrected chi connectivity index (χ3v) is 12.0. The molecule has 62 heavy (non-hydrogen) atoms. The van der Waals surface area contributed by atoms with Crippen molar-refractivity contribution in [3.63, 3.8) is 0 Å². The number of hydrogen-bond donors (Lipinski definition) is 4. The summed E-state index contributed by atoms with van der Waals surface area (Å²) in [6, 6.07) is 25.7. The molecule has 4 aromatic rings. The van der Waals surface area contributed by atoms with Gasteiger partial charge in [0.2, 0.25) is 23.4 Å². The number of nitrogens with zero attached hydrogens (tertiary/aromatic N) is 6. The number of halogens is 1. The highest BCUT2D eigenvalue weighted by Gasteiger charge is 2.56. The maximum atomic E-state index is 8.70. The van der Waals surface area contributed by atoms with Crippen molar-refractivity contribution in [1.29, 1.82) is 0 Å². The number of guanidine groups is 2. The molecule has 6 aliphatic rings. The largest absolute Gasteiger partial charge is 0.487 e. The number of rotatable bonds is 2. The Labute approximate surface area is 368 Å². The lowest BCUT2D eigenvalue weighted by Gasteiger charge is -2.46. The fraction of sp³-hybridized carbons (Fsp3) is 0.364. The summed E-state index contributed by atoms with van der Waals surface area (Å²) in [6.07, 6.45) is 4.83. The van der Waals surface area contributed by atoms with E-state index in [0.29, 0.717) is 54.8 Å². The van der Waals surface area contributed by atoms with Gasteiger partial charge in [0, 0.05) is 44.6 Å². The average Bonchev–Trinajstić information content (AvgIpc) is 3.72. The molecule has 4 unspecified atom stereocenters. The Morgan fingerprint density at radius 3 is 1.71 bits per heavy atom. The van der Waals surface area contributed by atoms with E-state index < -0.39 is 29.8 Å². The Morgan fingerprint density at radius 2 is 1.21 bits per heavy atom. The third-order valence-electron chi connectivity index (χ3n) is 11.5. The molecule has 0 bridgehead atoms. The predicted octanol–water partition coefficient (Wildman–Crippen LogP) is 5.62. The first-order chi connectivity index (χ1) is 29.8. The van der Waals surface area contributed by atoms with E-state index in [9.17, 15) is 0 Å². The molecule has 0 aliphatic carbocycles. The highest BCUT2D eigenvalue weighted by atomic mass is 79.9. The molecule has 0 aromatic heterocycles. The van der Waals surface area contributed by atoms with Crippen LogP contribution in [0.2, 0.25) is 0 Å². The number of hydroxylamine groups is 4.